The van der Waals surface area contributed by atoms with Crippen molar-refractivity contribution in [1.29, 1.82) is 0 Å². The van der Waals surface area contributed by atoms with Gasteiger partial charge in [0.1, 0.15) is 0 Å². The summed E-state index contributed by atoms with van der Waals surface area (Å²) in [6.07, 6.45) is 7.57. The molecule has 1 aromatic carbocycles. The number of amides is 1. The van der Waals surface area contributed by atoms with E-state index in [4.69, 9.17) is 10.1 Å². The number of nitrogens with zero attached hydrogens (tertiary/aromatic N) is 6. The van der Waals surface area contributed by atoms with Gasteiger partial charge in [-0.3, -0.25) is 19.1 Å². The first-order chi connectivity index (χ1) is 15.5. The minimum Gasteiger partial charge on any atom is -0.340 e. The molecule has 0 saturated heterocycles. The highest BCUT2D eigenvalue weighted by atomic mass is 16.1. The summed E-state index contributed by atoms with van der Waals surface area (Å²) in [6.45, 7) is 9.55. The summed E-state index contributed by atoms with van der Waals surface area (Å²) in [7, 11) is 1.98. The molecule has 0 unspecified atom stereocenters. The molecule has 7 nitrogen and oxygen atoms in total. The summed E-state index contributed by atoms with van der Waals surface area (Å²) >= 11 is 0. The highest BCUT2D eigenvalue weighted by molar-refractivity contribution is 5.97. The molecule has 0 radical (unpaired) electrons. The maximum atomic E-state index is 11.3. The lowest BCUT2D eigenvalue weighted by Gasteiger charge is -2.23. The van der Waals surface area contributed by atoms with E-state index in [2.05, 4.69) is 43.2 Å². The van der Waals surface area contributed by atoms with E-state index in [0.29, 0.717) is 12.6 Å². The van der Waals surface area contributed by atoms with Gasteiger partial charge in [-0.05, 0) is 25.3 Å². The van der Waals surface area contributed by atoms with Crippen LogP contribution in [0.5, 0.6) is 0 Å². The molecule has 0 atom stereocenters. The van der Waals surface area contributed by atoms with Crippen LogP contribution in [0.15, 0.2) is 42.9 Å². The zero-order valence-corrected chi connectivity index (χ0v) is 19.4. The van der Waals surface area contributed by atoms with E-state index in [1.807, 2.05) is 48.8 Å². The fourth-order valence-corrected chi connectivity index (χ4v) is 4.21. The number of hydrogen-bond acceptors (Lipinski definition) is 4. The van der Waals surface area contributed by atoms with Gasteiger partial charge >= 0.3 is 0 Å². The van der Waals surface area contributed by atoms with E-state index in [-0.39, 0.29) is 0 Å². The van der Waals surface area contributed by atoms with E-state index >= 15 is 0 Å². The van der Waals surface area contributed by atoms with Crippen molar-refractivity contribution in [2.45, 2.75) is 46.7 Å². The van der Waals surface area contributed by atoms with Gasteiger partial charge in [-0.1, -0.05) is 32.0 Å². The molecule has 166 valence electrons. The number of aromatic nitrogens is 5. The molecule has 4 heterocycles. The summed E-state index contributed by atoms with van der Waals surface area (Å²) in [6, 6.07) is 8.66. The largest absolute Gasteiger partial charge is 0.340 e. The van der Waals surface area contributed by atoms with Crippen LogP contribution >= 0.6 is 0 Å². The molecule has 0 bridgehead atoms. The number of carbonyl (C=O) groups is 1. The second-order valence-corrected chi connectivity index (χ2v) is 8.12. The maximum Gasteiger partial charge on any atom is 0.210 e. The zero-order chi connectivity index (χ0) is 22.8. The number of aryl methyl sites for hydroxylation is 1. The van der Waals surface area contributed by atoms with Gasteiger partial charge in [-0.25, -0.2) is 0 Å². The van der Waals surface area contributed by atoms with Gasteiger partial charge in [0.05, 0.1) is 17.6 Å². The van der Waals surface area contributed by atoms with Crippen LogP contribution in [0, 0.1) is 0 Å². The first-order valence-corrected chi connectivity index (χ1v) is 11.2. The van der Waals surface area contributed by atoms with Crippen molar-refractivity contribution in [3.63, 3.8) is 0 Å². The molecule has 0 aliphatic carbocycles. The van der Waals surface area contributed by atoms with Crippen molar-refractivity contribution < 1.29 is 4.79 Å². The molecule has 7 heteroatoms. The molecule has 0 spiro atoms. The standard InChI is InChI=1S/C23H24N6O.C2H6/c1-15(2)29-12-17(10-25-29)21-9-16-5-4-6-18(19(16)11-24-21)23-20-13-28(14-30)8-7-22(20)27(3)26-23;1-2/h4-6,9-12,14-15H,7-8,13H2,1-3H3;1-2H3. The number of carbonyl (C=O) groups excluding carboxylic acids is 1. The number of rotatable bonds is 4. The fraction of sp³-hybridized carbons (Fsp3) is 0.360. The van der Waals surface area contributed by atoms with Crippen molar-refractivity contribution in [2.24, 2.45) is 7.05 Å². The number of benzene rings is 1. The number of pyridine rings is 1. The van der Waals surface area contributed by atoms with E-state index in [0.717, 1.165) is 58.2 Å². The van der Waals surface area contributed by atoms with E-state index < -0.39 is 0 Å². The molecule has 0 saturated carbocycles. The van der Waals surface area contributed by atoms with Crippen LogP contribution in [0.25, 0.3) is 33.3 Å². The normalized spacial score (nSPS) is 13.1. The van der Waals surface area contributed by atoms with Crippen molar-refractivity contribution in [3.05, 3.63) is 54.1 Å². The van der Waals surface area contributed by atoms with Gasteiger partial charge < -0.3 is 4.90 Å². The molecule has 1 aliphatic rings. The van der Waals surface area contributed by atoms with Crippen LogP contribution in [-0.4, -0.2) is 42.4 Å². The average molecular weight is 431 g/mol. The lowest BCUT2D eigenvalue weighted by Crippen LogP contribution is -2.29. The first-order valence-electron chi connectivity index (χ1n) is 11.2. The Hall–Kier alpha value is -3.48. The molecule has 5 rings (SSSR count). The Kier molecular flexibility index (Phi) is 6.08. The first kappa shape index (κ1) is 21.7. The molecular formula is C25H30N6O. The SMILES string of the molecule is CC.CC(C)n1cc(-c2cc3cccc(-c4nn(C)c5c4CN(C=O)CC5)c3cn2)cn1. The molecule has 1 amide bonds. The fourth-order valence-electron chi connectivity index (χ4n) is 4.21. The number of hydrogen-bond donors (Lipinski definition) is 0. The molecule has 3 aromatic heterocycles. The van der Waals surface area contributed by atoms with Gasteiger partial charge in [-0.15, -0.1) is 0 Å². The van der Waals surface area contributed by atoms with Crippen molar-refractivity contribution in [1.82, 2.24) is 29.4 Å². The van der Waals surface area contributed by atoms with E-state index in [1.54, 1.807) is 4.90 Å². The third kappa shape index (κ3) is 3.79. The van der Waals surface area contributed by atoms with Crippen LogP contribution in [-0.2, 0) is 24.8 Å². The topological polar surface area (TPSA) is 68.8 Å². The summed E-state index contributed by atoms with van der Waals surface area (Å²) in [4.78, 5) is 17.9. The quantitative estimate of drug-likeness (QED) is 0.443. The second kappa shape index (κ2) is 8.94. The predicted molar refractivity (Wildman–Crippen MR) is 127 cm³/mol. The Morgan fingerprint density at radius 3 is 2.69 bits per heavy atom. The third-order valence-corrected chi connectivity index (χ3v) is 5.87. The smallest absolute Gasteiger partial charge is 0.210 e. The van der Waals surface area contributed by atoms with Crippen molar-refractivity contribution in [3.8, 4) is 22.5 Å². The van der Waals surface area contributed by atoms with Crippen molar-refractivity contribution >= 4 is 17.2 Å². The van der Waals surface area contributed by atoms with E-state index in [9.17, 15) is 4.79 Å². The Bertz CT molecular complexity index is 1250. The second-order valence-electron chi connectivity index (χ2n) is 8.12. The molecule has 4 aromatic rings. The highest BCUT2D eigenvalue weighted by Crippen LogP contribution is 2.34. The Labute approximate surface area is 188 Å². The summed E-state index contributed by atoms with van der Waals surface area (Å²) in [5.41, 5.74) is 6.23. The summed E-state index contributed by atoms with van der Waals surface area (Å²) in [5.74, 6) is 0. The van der Waals surface area contributed by atoms with Gasteiger partial charge in [0.2, 0.25) is 6.41 Å². The monoisotopic (exact) mass is 430 g/mol. The minimum absolute atomic E-state index is 0.312. The lowest BCUT2D eigenvalue weighted by molar-refractivity contribution is -0.118. The van der Waals surface area contributed by atoms with Crippen LogP contribution in [0.1, 0.15) is 45.0 Å². The molecular weight excluding hydrogens is 400 g/mol. The summed E-state index contributed by atoms with van der Waals surface area (Å²) in [5, 5.41) is 11.4. The van der Waals surface area contributed by atoms with Crippen molar-refractivity contribution in [2.75, 3.05) is 6.54 Å². The van der Waals surface area contributed by atoms with Gasteiger partial charge in [0, 0.05) is 72.8 Å². The predicted octanol–water partition coefficient (Wildman–Crippen LogP) is 4.62. The lowest BCUT2D eigenvalue weighted by atomic mass is 9.97. The van der Waals surface area contributed by atoms with Crippen LogP contribution in [0.4, 0.5) is 0 Å². The van der Waals surface area contributed by atoms with Crippen LogP contribution in [0.3, 0.4) is 0 Å². The zero-order valence-electron chi connectivity index (χ0n) is 19.4. The summed E-state index contributed by atoms with van der Waals surface area (Å²) < 4.78 is 3.89. The Morgan fingerprint density at radius 1 is 1.16 bits per heavy atom. The minimum atomic E-state index is 0.312. The molecule has 32 heavy (non-hydrogen) atoms. The average Bonchev–Trinajstić information content (AvgIpc) is 3.45. The van der Waals surface area contributed by atoms with Gasteiger partial charge in [-0.2, -0.15) is 10.2 Å². The van der Waals surface area contributed by atoms with Crippen LogP contribution in [0.2, 0.25) is 0 Å². The Morgan fingerprint density at radius 2 is 1.97 bits per heavy atom. The van der Waals surface area contributed by atoms with Gasteiger partial charge in [0.15, 0.2) is 0 Å². The Balaban J connectivity index is 0.00000119. The number of fused-ring (bicyclic) bond motifs is 2. The van der Waals surface area contributed by atoms with Crippen LogP contribution < -0.4 is 0 Å². The molecule has 0 fully saturated rings. The van der Waals surface area contributed by atoms with Gasteiger partial charge in [0.25, 0.3) is 0 Å². The van der Waals surface area contributed by atoms with E-state index in [1.165, 1.54) is 5.69 Å². The maximum absolute atomic E-state index is 11.3. The molecule has 1 aliphatic heterocycles. The highest BCUT2D eigenvalue weighted by Gasteiger charge is 2.24. The third-order valence-electron chi connectivity index (χ3n) is 5.87. The molecule has 0 N–H and O–H groups in total.